The fourth-order valence-electron chi connectivity index (χ4n) is 2.83. The molecule has 1 fully saturated rings. The molecule has 4 heteroatoms. The lowest BCUT2D eigenvalue weighted by molar-refractivity contribution is -0.0686. The third kappa shape index (κ3) is 4.90. The van der Waals surface area contributed by atoms with Crippen LogP contribution in [0, 0.1) is 6.92 Å². The van der Waals surface area contributed by atoms with E-state index in [1.54, 1.807) is 7.11 Å². The summed E-state index contributed by atoms with van der Waals surface area (Å²) in [7, 11) is 1.68. The van der Waals surface area contributed by atoms with Crippen LogP contribution >= 0.6 is 0 Å². The zero-order valence-corrected chi connectivity index (χ0v) is 13.6. The predicted octanol–water partition coefficient (Wildman–Crippen LogP) is 2.88. The molecule has 4 nitrogen and oxygen atoms in total. The molecule has 1 heterocycles. The zero-order valence-electron chi connectivity index (χ0n) is 13.6. The summed E-state index contributed by atoms with van der Waals surface area (Å²) in [6.07, 6.45) is 1.66. The standard InChI is InChI=1S/C17H27NO3/c1-13-6-7-16(17(10-13)19-4)20-9-5-8-18-11-14(2)21-15(3)12-18/h6-7,10,14-15H,5,8-9,11-12H2,1-4H3/t14-,15-/m1/s1. The molecule has 1 aromatic rings. The molecule has 0 saturated carbocycles. The molecule has 118 valence electrons. The minimum atomic E-state index is 0.326. The topological polar surface area (TPSA) is 30.9 Å². The maximum absolute atomic E-state index is 5.84. The van der Waals surface area contributed by atoms with Crippen molar-refractivity contribution in [3.05, 3.63) is 23.8 Å². The van der Waals surface area contributed by atoms with Crippen LogP contribution in [-0.2, 0) is 4.74 Å². The second-order valence-electron chi connectivity index (χ2n) is 5.87. The number of nitrogens with zero attached hydrogens (tertiary/aromatic N) is 1. The van der Waals surface area contributed by atoms with Crippen LogP contribution in [0.25, 0.3) is 0 Å². The van der Waals surface area contributed by atoms with Crippen molar-refractivity contribution in [2.45, 2.75) is 39.4 Å². The number of methoxy groups -OCH3 is 1. The highest BCUT2D eigenvalue weighted by Gasteiger charge is 2.21. The van der Waals surface area contributed by atoms with Crippen LogP contribution in [0.2, 0.25) is 0 Å². The third-order valence-corrected chi connectivity index (χ3v) is 3.69. The normalized spacial score (nSPS) is 23.0. The van der Waals surface area contributed by atoms with E-state index >= 15 is 0 Å². The minimum absolute atomic E-state index is 0.326. The number of hydrogen-bond donors (Lipinski definition) is 0. The number of aryl methyl sites for hydroxylation is 1. The largest absolute Gasteiger partial charge is 0.493 e. The van der Waals surface area contributed by atoms with Gasteiger partial charge >= 0.3 is 0 Å². The van der Waals surface area contributed by atoms with E-state index in [0.717, 1.165) is 37.6 Å². The predicted molar refractivity (Wildman–Crippen MR) is 84.3 cm³/mol. The van der Waals surface area contributed by atoms with Crippen LogP contribution in [0.15, 0.2) is 18.2 Å². The van der Waals surface area contributed by atoms with Gasteiger partial charge in [0.1, 0.15) is 0 Å². The summed E-state index contributed by atoms with van der Waals surface area (Å²) in [4.78, 5) is 2.45. The van der Waals surface area contributed by atoms with E-state index in [4.69, 9.17) is 14.2 Å². The van der Waals surface area contributed by atoms with Crippen molar-refractivity contribution in [1.29, 1.82) is 0 Å². The van der Waals surface area contributed by atoms with Gasteiger partial charge in [-0.3, -0.25) is 4.90 Å². The molecular formula is C17H27NO3. The van der Waals surface area contributed by atoms with Gasteiger partial charge in [-0.25, -0.2) is 0 Å². The Morgan fingerprint density at radius 2 is 1.90 bits per heavy atom. The molecule has 21 heavy (non-hydrogen) atoms. The lowest BCUT2D eigenvalue weighted by atomic mass is 10.2. The van der Waals surface area contributed by atoms with Crippen molar-refractivity contribution in [2.24, 2.45) is 0 Å². The molecule has 0 unspecified atom stereocenters. The van der Waals surface area contributed by atoms with E-state index in [2.05, 4.69) is 18.7 Å². The van der Waals surface area contributed by atoms with Gasteiger partial charge in [-0.1, -0.05) is 6.07 Å². The average molecular weight is 293 g/mol. The maximum atomic E-state index is 5.84. The molecule has 2 atom stereocenters. The molecule has 1 aromatic carbocycles. The molecular weight excluding hydrogens is 266 g/mol. The molecule has 1 aliphatic heterocycles. The summed E-state index contributed by atoms with van der Waals surface area (Å²) in [6.45, 7) is 10.1. The van der Waals surface area contributed by atoms with Gasteiger partial charge in [0.2, 0.25) is 0 Å². The van der Waals surface area contributed by atoms with Crippen LogP contribution in [0.1, 0.15) is 25.8 Å². The van der Waals surface area contributed by atoms with Crippen molar-refractivity contribution in [3.8, 4) is 11.5 Å². The molecule has 0 aliphatic carbocycles. The first-order chi connectivity index (χ1) is 10.1. The smallest absolute Gasteiger partial charge is 0.161 e. The summed E-state index contributed by atoms with van der Waals surface area (Å²) in [5.41, 5.74) is 1.18. The first kappa shape index (κ1) is 16.1. The SMILES string of the molecule is COc1cc(C)ccc1OCCCN1C[C@@H](C)O[C@H](C)C1. The fourth-order valence-corrected chi connectivity index (χ4v) is 2.83. The Bertz CT molecular complexity index is 440. The Morgan fingerprint density at radius 3 is 2.57 bits per heavy atom. The van der Waals surface area contributed by atoms with Crippen molar-refractivity contribution >= 4 is 0 Å². The Labute approximate surface area is 128 Å². The Kier molecular flexibility index (Phi) is 5.88. The van der Waals surface area contributed by atoms with Gasteiger partial charge < -0.3 is 14.2 Å². The van der Waals surface area contributed by atoms with Gasteiger partial charge in [0.15, 0.2) is 11.5 Å². The average Bonchev–Trinajstić information content (AvgIpc) is 2.43. The summed E-state index contributed by atoms with van der Waals surface area (Å²) in [5, 5.41) is 0. The molecule has 2 rings (SSSR count). The molecule has 0 N–H and O–H groups in total. The lowest BCUT2D eigenvalue weighted by Gasteiger charge is -2.35. The summed E-state index contributed by atoms with van der Waals surface area (Å²) < 4.78 is 16.9. The van der Waals surface area contributed by atoms with Crippen LogP contribution in [0.5, 0.6) is 11.5 Å². The number of rotatable bonds is 6. The van der Waals surface area contributed by atoms with Gasteiger partial charge in [0.05, 0.1) is 25.9 Å². The summed E-state index contributed by atoms with van der Waals surface area (Å²) in [6, 6.07) is 6.02. The van der Waals surface area contributed by atoms with E-state index in [1.807, 2.05) is 25.1 Å². The summed E-state index contributed by atoms with van der Waals surface area (Å²) >= 11 is 0. The second-order valence-corrected chi connectivity index (χ2v) is 5.87. The molecule has 0 bridgehead atoms. The van der Waals surface area contributed by atoms with Gasteiger partial charge in [0, 0.05) is 19.6 Å². The number of hydrogen-bond acceptors (Lipinski definition) is 4. The van der Waals surface area contributed by atoms with Crippen LogP contribution in [-0.4, -0.2) is 50.5 Å². The Balaban J connectivity index is 1.74. The van der Waals surface area contributed by atoms with E-state index in [-0.39, 0.29) is 0 Å². The van der Waals surface area contributed by atoms with E-state index < -0.39 is 0 Å². The van der Waals surface area contributed by atoms with Crippen LogP contribution < -0.4 is 9.47 Å². The van der Waals surface area contributed by atoms with Crippen molar-refractivity contribution < 1.29 is 14.2 Å². The quantitative estimate of drug-likeness (QED) is 0.755. The van der Waals surface area contributed by atoms with Gasteiger partial charge in [-0.05, 0) is 44.9 Å². The zero-order chi connectivity index (χ0) is 15.2. The molecule has 0 radical (unpaired) electrons. The highest BCUT2D eigenvalue weighted by atomic mass is 16.5. The highest BCUT2D eigenvalue weighted by Crippen LogP contribution is 2.27. The number of ether oxygens (including phenoxy) is 3. The third-order valence-electron chi connectivity index (χ3n) is 3.69. The van der Waals surface area contributed by atoms with E-state index in [0.29, 0.717) is 18.8 Å². The van der Waals surface area contributed by atoms with Crippen molar-refractivity contribution in [3.63, 3.8) is 0 Å². The monoisotopic (exact) mass is 293 g/mol. The molecule has 1 aliphatic rings. The summed E-state index contributed by atoms with van der Waals surface area (Å²) in [5.74, 6) is 1.63. The lowest BCUT2D eigenvalue weighted by Crippen LogP contribution is -2.45. The van der Waals surface area contributed by atoms with Gasteiger partial charge in [-0.15, -0.1) is 0 Å². The maximum Gasteiger partial charge on any atom is 0.161 e. The van der Waals surface area contributed by atoms with Gasteiger partial charge in [-0.2, -0.15) is 0 Å². The number of benzene rings is 1. The van der Waals surface area contributed by atoms with Crippen LogP contribution in [0.3, 0.4) is 0 Å². The number of morpholine rings is 1. The Morgan fingerprint density at radius 1 is 1.19 bits per heavy atom. The first-order valence-corrected chi connectivity index (χ1v) is 7.73. The van der Waals surface area contributed by atoms with E-state index in [1.165, 1.54) is 5.56 Å². The molecule has 1 saturated heterocycles. The highest BCUT2D eigenvalue weighted by molar-refractivity contribution is 5.42. The van der Waals surface area contributed by atoms with Crippen molar-refractivity contribution in [2.75, 3.05) is 33.4 Å². The molecule has 0 spiro atoms. The molecule has 0 amide bonds. The fraction of sp³-hybridized carbons (Fsp3) is 0.647. The second kappa shape index (κ2) is 7.66. The van der Waals surface area contributed by atoms with E-state index in [9.17, 15) is 0 Å². The van der Waals surface area contributed by atoms with Crippen molar-refractivity contribution in [1.82, 2.24) is 4.90 Å². The first-order valence-electron chi connectivity index (χ1n) is 7.73. The Hall–Kier alpha value is -1.26. The molecule has 0 aromatic heterocycles. The van der Waals surface area contributed by atoms with Crippen LogP contribution in [0.4, 0.5) is 0 Å². The minimum Gasteiger partial charge on any atom is -0.493 e. The van der Waals surface area contributed by atoms with Gasteiger partial charge in [0.25, 0.3) is 0 Å².